The van der Waals surface area contributed by atoms with Crippen molar-refractivity contribution in [3.05, 3.63) is 112 Å². The standard InChI is InChI=1S/C38H38N4O4/c1-25(2)18-20-46-35-16-13-29(21-26(35)3)36-30(24-42(40-36)31-9-7-6-8-10-31)22-33-27(4)34(23-39)38(44)41(37(33)43)19-17-28-11-14-32(45-5)15-12-28/h6-16,21-22,24-25H,17-20H2,1-5H3/b33-22+. The second-order valence-corrected chi connectivity index (χ2v) is 11.8. The number of rotatable bonds is 11. The zero-order chi connectivity index (χ0) is 32.8. The normalized spacial score (nSPS) is 14.3. The van der Waals surface area contributed by atoms with E-state index in [1.165, 1.54) is 0 Å². The Labute approximate surface area is 270 Å². The van der Waals surface area contributed by atoms with Crippen molar-refractivity contribution < 1.29 is 19.1 Å². The minimum absolute atomic E-state index is 0.0451. The number of nitrogens with zero attached hydrogens (tertiary/aromatic N) is 4. The molecular formula is C38H38N4O4. The summed E-state index contributed by atoms with van der Waals surface area (Å²) in [4.78, 5) is 28.4. The lowest BCUT2D eigenvalue weighted by atomic mass is 9.93. The lowest BCUT2D eigenvalue weighted by Crippen LogP contribution is -2.43. The first-order chi connectivity index (χ1) is 22.2. The first kappa shape index (κ1) is 32.0. The third-order valence-electron chi connectivity index (χ3n) is 8.07. The van der Waals surface area contributed by atoms with E-state index in [1.54, 1.807) is 24.8 Å². The highest BCUT2D eigenvalue weighted by Crippen LogP contribution is 2.33. The third kappa shape index (κ3) is 6.94. The van der Waals surface area contributed by atoms with Gasteiger partial charge in [0, 0.05) is 29.4 Å². The van der Waals surface area contributed by atoms with Crippen LogP contribution in [0.25, 0.3) is 23.0 Å². The topological polar surface area (TPSA) is 97.5 Å². The fourth-order valence-electron chi connectivity index (χ4n) is 5.31. The van der Waals surface area contributed by atoms with Crippen molar-refractivity contribution in [3.8, 4) is 34.5 Å². The molecule has 1 aliphatic heterocycles. The van der Waals surface area contributed by atoms with Gasteiger partial charge in [-0.25, -0.2) is 4.68 Å². The number of benzene rings is 3. The summed E-state index contributed by atoms with van der Waals surface area (Å²) in [7, 11) is 1.60. The van der Waals surface area contributed by atoms with Crippen LogP contribution in [0.5, 0.6) is 11.5 Å². The fourth-order valence-corrected chi connectivity index (χ4v) is 5.31. The van der Waals surface area contributed by atoms with Gasteiger partial charge in [-0.1, -0.05) is 44.2 Å². The van der Waals surface area contributed by atoms with Gasteiger partial charge in [0.2, 0.25) is 0 Å². The van der Waals surface area contributed by atoms with Gasteiger partial charge < -0.3 is 9.47 Å². The zero-order valence-electron chi connectivity index (χ0n) is 26.9. The molecule has 46 heavy (non-hydrogen) atoms. The van der Waals surface area contributed by atoms with Crippen LogP contribution in [-0.2, 0) is 16.0 Å². The van der Waals surface area contributed by atoms with Crippen LogP contribution in [0.1, 0.15) is 43.9 Å². The van der Waals surface area contributed by atoms with Crippen LogP contribution in [0.2, 0.25) is 0 Å². The van der Waals surface area contributed by atoms with Crippen LogP contribution in [-0.4, -0.2) is 46.8 Å². The number of hydrogen-bond acceptors (Lipinski definition) is 6. The van der Waals surface area contributed by atoms with Crippen molar-refractivity contribution in [1.82, 2.24) is 14.7 Å². The van der Waals surface area contributed by atoms with Gasteiger partial charge in [0.25, 0.3) is 11.8 Å². The van der Waals surface area contributed by atoms with Gasteiger partial charge in [-0.15, -0.1) is 0 Å². The number of ether oxygens (including phenoxy) is 2. The molecule has 8 nitrogen and oxygen atoms in total. The number of para-hydroxylation sites is 1. The number of imide groups is 1. The maximum absolute atomic E-state index is 13.9. The molecule has 0 spiro atoms. The Kier molecular flexibility index (Phi) is 9.82. The number of amides is 2. The number of aryl methyl sites for hydroxylation is 1. The van der Waals surface area contributed by atoms with E-state index in [4.69, 9.17) is 14.6 Å². The van der Waals surface area contributed by atoms with Crippen LogP contribution in [0.4, 0.5) is 0 Å². The molecular weight excluding hydrogens is 576 g/mol. The van der Waals surface area contributed by atoms with Gasteiger partial charge in [0.15, 0.2) is 0 Å². The van der Waals surface area contributed by atoms with E-state index < -0.39 is 11.8 Å². The summed E-state index contributed by atoms with van der Waals surface area (Å²) < 4.78 is 13.0. The average Bonchev–Trinajstić information content (AvgIpc) is 3.48. The fraction of sp³-hybridized carbons (Fsp3) is 0.263. The molecule has 4 aromatic rings. The number of nitriles is 1. The van der Waals surface area contributed by atoms with E-state index >= 15 is 0 Å². The summed E-state index contributed by atoms with van der Waals surface area (Å²) in [6, 6.07) is 25.2. The van der Waals surface area contributed by atoms with Crippen molar-refractivity contribution in [2.24, 2.45) is 5.92 Å². The summed E-state index contributed by atoms with van der Waals surface area (Å²) in [5.74, 6) is 1.06. The first-order valence-electron chi connectivity index (χ1n) is 15.4. The molecule has 2 heterocycles. The average molecular weight is 615 g/mol. The molecule has 1 aromatic heterocycles. The van der Waals surface area contributed by atoms with Gasteiger partial charge in [0.1, 0.15) is 23.1 Å². The molecule has 0 saturated carbocycles. The van der Waals surface area contributed by atoms with E-state index in [9.17, 15) is 14.9 Å². The number of carbonyl (C=O) groups excluding carboxylic acids is 2. The number of aromatic nitrogens is 2. The summed E-state index contributed by atoms with van der Waals surface area (Å²) in [6.45, 7) is 8.76. The highest BCUT2D eigenvalue weighted by molar-refractivity contribution is 6.19. The molecule has 0 saturated heterocycles. The summed E-state index contributed by atoms with van der Waals surface area (Å²) >= 11 is 0. The summed E-state index contributed by atoms with van der Waals surface area (Å²) in [6.07, 6.45) is 5.01. The maximum Gasteiger partial charge on any atom is 0.271 e. The van der Waals surface area contributed by atoms with Crippen LogP contribution >= 0.6 is 0 Å². The van der Waals surface area contributed by atoms with E-state index in [2.05, 4.69) is 13.8 Å². The molecule has 0 radical (unpaired) electrons. The van der Waals surface area contributed by atoms with Crippen LogP contribution in [0.15, 0.2) is 95.7 Å². The number of hydrogen-bond donors (Lipinski definition) is 0. The zero-order valence-corrected chi connectivity index (χ0v) is 26.9. The first-order valence-corrected chi connectivity index (χ1v) is 15.4. The minimum atomic E-state index is -0.584. The summed E-state index contributed by atoms with van der Waals surface area (Å²) in [5.41, 5.74) is 5.55. The molecule has 0 fully saturated rings. The van der Waals surface area contributed by atoms with Gasteiger partial charge in [-0.05, 0) is 97.8 Å². The van der Waals surface area contributed by atoms with Gasteiger partial charge in [0.05, 0.1) is 25.1 Å². The smallest absolute Gasteiger partial charge is 0.271 e. The summed E-state index contributed by atoms with van der Waals surface area (Å²) in [5, 5.41) is 14.9. The molecule has 8 heteroatoms. The molecule has 1 aliphatic rings. The Bertz CT molecular complexity index is 1840. The second-order valence-electron chi connectivity index (χ2n) is 11.8. The third-order valence-corrected chi connectivity index (χ3v) is 8.07. The molecule has 0 aliphatic carbocycles. The Hall–Kier alpha value is -5.42. The lowest BCUT2D eigenvalue weighted by Gasteiger charge is -2.27. The second kappa shape index (κ2) is 14.1. The molecule has 0 N–H and O–H groups in total. The van der Waals surface area contributed by atoms with Crippen LogP contribution in [0, 0.1) is 24.2 Å². The molecule has 2 amide bonds. The SMILES string of the molecule is COc1ccc(CCN2C(=O)C(C#N)=C(C)/C(=C\c3cn(-c4ccccc4)nc3-c3ccc(OCCC(C)C)c(C)c3)C2=O)cc1. The van der Waals surface area contributed by atoms with Gasteiger partial charge >= 0.3 is 0 Å². The van der Waals surface area contributed by atoms with Crippen molar-refractivity contribution in [3.63, 3.8) is 0 Å². The lowest BCUT2D eigenvalue weighted by molar-refractivity contribution is -0.140. The molecule has 3 aromatic carbocycles. The Balaban J connectivity index is 1.54. The molecule has 0 bridgehead atoms. The van der Waals surface area contributed by atoms with E-state index in [1.807, 2.05) is 92.0 Å². The molecule has 0 unspecified atom stereocenters. The highest BCUT2D eigenvalue weighted by Gasteiger charge is 2.35. The van der Waals surface area contributed by atoms with Crippen molar-refractivity contribution in [2.45, 2.75) is 40.5 Å². The molecule has 5 rings (SSSR count). The van der Waals surface area contributed by atoms with Crippen molar-refractivity contribution >= 4 is 17.9 Å². The van der Waals surface area contributed by atoms with Crippen LogP contribution in [0.3, 0.4) is 0 Å². The predicted molar refractivity (Wildman–Crippen MR) is 178 cm³/mol. The molecule has 234 valence electrons. The van der Waals surface area contributed by atoms with Crippen molar-refractivity contribution in [1.29, 1.82) is 5.26 Å². The minimum Gasteiger partial charge on any atom is -0.497 e. The Morgan fingerprint density at radius 1 is 0.978 bits per heavy atom. The number of carbonyl (C=O) groups is 2. The van der Waals surface area contributed by atoms with E-state index in [0.717, 1.165) is 45.2 Å². The maximum atomic E-state index is 13.9. The quantitative estimate of drug-likeness (QED) is 0.132. The van der Waals surface area contributed by atoms with Crippen LogP contribution < -0.4 is 9.47 Å². The highest BCUT2D eigenvalue weighted by atomic mass is 16.5. The Morgan fingerprint density at radius 2 is 1.72 bits per heavy atom. The van der Waals surface area contributed by atoms with Gasteiger partial charge in [-0.3, -0.25) is 14.5 Å². The van der Waals surface area contributed by atoms with E-state index in [0.29, 0.717) is 35.8 Å². The monoisotopic (exact) mass is 614 g/mol. The largest absolute Gasteiger partial charge is 0.497 e. The number of methoxy groups -OCH3 is 1. The van der Waals surface area contributed by atoms with Gasteiger partial charge in [-0.2, -0.15) is 10.4 Å². The van der Waals surface area contributed by atoms with E-state index in [-0.39, 0.29) is 17.7 Å². The predicted octanol–water partition coefficient (Wildman–Crippen LogP) is 7.12. The van der Waals surface area contributed by atoms with Crippen molar-refractivity contribution in [2.75, 3.05) is 20.3 Å². The molecule has 0 atom stereocenters. The Morgan fingerprint density at radius 3 is 2.37 bits per heavy atom.